The lowest BCUT2D eigenvalue weighted by Gasteiger charge is -2.46. The van der Waals surface area contributed by atoms with Crippen LogP contribution in [0.4, 0.5) is 25.1 Å². The molecule has 0 spiro atoms. The van der Waals surface area contributed by atoms with Crippen molar-refractivity contribution in [3.8, 4) is 0 Å². The third-order valence-electron chi connectivity index (χ3n) is 7.40. The Morgan fingerprint density at radius 3 is 2.62 bits per heavy atom. The van der Waals surface area contributed by atoms with Crippen molar-refractivity contribution in [1.82, 2.24) is 20.2 Å². The summed E-state index contributed by atoms with van der Waals surface area (Å²) < 4.78 is 28.7. The van der Waals surface area contributed by atoms with Crippen molar-refractivity contribution in [1.29, 1.82) is 0 Å². The van der Waals surface area contributed by atoms with Crippen molar-refractivity contribution < 1.29 is 23.2 Å². The van der Waals surface area contributed by atoms with Gasteiger partial charge in [-0.1, -0.05) is 6.92 Å². The second-order valence-electron chi connectivity index (χ2n) is 9.67. The molecule has 6 atom stereocenters. The van der Waals surface area contributed by atoms with E-state index >= 15 is 0 Å². The lowest BCUT2D eigenvalue weighted by Crippen LogP contribution is -2.71. The van der Waals surface area contributed by atoms with Gasteiger partial charge < -0.3 is 16.0 Å². The fourth-order valence-corrected chi connectivity index (χ4v) is 5.32. The average molecular weight is 515 g/mol. The minimum atomic E-state index is -1.69. The number of hydrogen-bond donors (Lipinski definition) is 2. The van der Waals surface area contributed by atoms with Gasteiger partial charge in [0.2, 0.25) is 5.91 Å². The molecule has 9 nitrogen and oxygen atoms in total. The topological polar surface area (TPSA) is 122 Å². The number of rotatable bonds is 7. The van der Waals surface area contributed by atoms with Crippen molar-refractivity contribution in [3.63, 3.8) is 0 Å². The molecular formula is C26H32F2N6O3. The summed E-state index contributed by atoms with van der Waals surface area (Å²) in [6, 6.07) is 4.08. The summed E-state index contributed by atoms with van der Waals surface area (Å²) in [6.07, 6.45) is 2.99. The van der Waals surface area contributed by atoms with E-state index in [2.05, 4.69) is 15.3 Å². The highest BCUT2D eigenvalue weighted by atomic mass is 19.2. The van der Waals surface area contributed by atoms with Crippen molar-refractivity contribution >= 4 is 29.4 Å². The number of aromatic nitrogens is 2. The zero-order chi connectivity index (χ0) is 26.7. The Morgan fingerprint density at radius 2 is 1.95 bits per heavy atom. The monoisotopic (exact) mass is 514 g/mol. The Kier molecular flexibility index (Phi) is 7.99. The maximum Gasteiger partial charge on any atom is 0.325 e. The van der Waals surface area contributed by atoms with Crippen molar-refractivity contribution in [2.45, 2.75) is 63.5 Å². The number of hydrogen-bond acceptors (Lipinski definition) is 6. The van der Waals surface area contributed by atoms with E-state index < -0.39 is 54.1 Å². The van der Waals surface area contributed by atoms with Crippen LogP contribution in [-0.4, -0.2) is 64.2 Å². The fraction of sp³-hybridized carbons (Fsp3) is 0.500. The molecule has 3 heterocycles. The van der Waals surface area contributed by atoms with Crippen LogP contribution in [0.3, 0.4) is 0 Å². The normalized spacial score (nSPS) is 26.2. The van der Waals surface area contributed by atoms with Gasteiger partial charge in [0, 0.05) is 43.3 Å². The smallest absolute Gasteiger partial charge is 0.325 e. The molecule has 1 saturated carbocycles. The molecule has 2 aliphatic rings. The molecule has 11 heteroatoms. The number of nitrogen functional groups attached to an aromatic ring is 1. The predicted molar refractivity (Wildman–Crippen MR) is 134 cm³/mol. The average Bonchev–Trinajstić information content (AvgIpc) is 2.90. The van der Waals surface area contributed by atoms with Crippen molar-refractivity contribution in [2.75, 3.05) is 17.7 Å². The first-order chi connectivity index (χ1) is 17.7. The second-order valence-corrected chi connectivity index (χ2v) is 9.67. The second kappa shape index (κ2) is 11.2. The largest absolute Gasteiger partial charge is 0.384 e. The minimum Gasteiger partial charge on any atom is -0.384 e. The van der Waals surface area contributed by atoms with Gasteiger partial charge in [0.25, 0.3) is 5.91 Å². The Balaban J connectivity index is 1.57. The number of carbonyl (C=O) groups is 3. The number of pyridine rings is 2. The molecule has 1 aliphatic carbocycles. The molecule has 1 aliphatic heterocycles. The zero-order valence-corrected chi connectivity index (χ0v) is 20.9. The molecule has 198 valence electrons. The third-order valence-corrected chi connectivity index (χ3v) is 7.40. The van der Waals surface area contributed by atoms with Gasteiger partial charge in [-0.2, -0.15) is 0 Å². The van der Waals surface area contributed by atoms with Gasteiger partial charge in [-0.3, -0.25) is 19.5 Å². The SMILES string of the molecule is CC[C@@H](NC(=O)N1C(=O)C(Cc2ccnc(N)c2)[C@H]1C(=O)N(C)c1ccncc1)C1CCCC(F)C1F. The molecule has 3 N–H and O–H groups in total. The number of likely N-dealkylation sites (tertiary alicyclic amines) is 1. The molecular weight excluding hydrogens is 482 g/mol. The number of likely N-dealkylation sites (N-methyl/N-ethyl adjacent to an activating group) is 1. The molecule has 4 unspecified atom stereocenters. The number of nitrogens with two attached hydrogens (primary N) is 1. The first kappa shape index (κ1) is 26.4. The number of nitrogens with one attached hydrogen (secondary N) is 1. The number of amides is 4. The van der Waals surface area contributed by atoms with E-state index in [9.17, 15) is 23.2 Å². The molecule has 4 amide bonds. The minimum absolute atomic E-state index is 0.159. The lowest BCUT2D eigenvalue weighted by molar-refractivity contribution is -0.156. The van der Waals surface area contributed by atoms with Gasteiger partial charge in [0.15, 0.2) is 0 Å². The number of halogens is 2. The first-order valence-electron chi connectivity index (χ1n) is 12.5. The van der Waals surface area contributed by atoms with E-state index in [1.807, 2.05) is 0 Å². The third kappa shape index (κ3) is 5.40. The lowest BCUT2D eigenvalue weighted by atomic mass is 9.80. The Morgan fingerprint density at radius 1 is 1.22 bits per heavy atom. The van der Waals surface area contributed by atoms with Gasteiger partial charge in [-0.15, -0.1) is 0 Å². The van der Waals surface area contributed by atoms with Gasteiger partial charge in [-0.05, 0) is 61.9 Å². The highest BCUT2D eigenvalue weighted by Gasteiger charge is 2.55. The van der Waals surface area contributed by atoms with E-state index in [1.165, 1.54) is 23.5 Å². The highest BCUT2D eigenvalue weighted by Crippen LogP contribution is 2.35. The summed E-state index contributed by atoms with van der Waals surface area (Å²) in [7, 11) is 1.56. The summed E-state index contributed by atoms with van der Waals surface area (Å²) in [5, 5.41) is 2.73. The molecule has 2 fully saturated rings. The molecule has 2 aromatic heterocycles. The van der Waals surface area contributed by atoms with Crippen LogP contribution in [0.15, 0.2) is 42.9 Å². The summed E-state index contributed by atoms with van der Waals surface area (Å²) in [6.45, 7) is 1.77. The molecule has 4 rings (SSSR count). The molecule has 0 bridgehead atoms. The van der Waals surface area contributed by atoms with Gasteiger partial charge >= 0.3 is 6.03 Å². The van der Waals surface area contributed by atoms with Crippen LogP contribution >= 0.6 is 0 Å². The van der Waals surface area contributed by atoms with Crippen LogP contribution in [0, 0.1) is 11.8 Å². The summed E-state index contributed by atoms with van der Waals surface area (Å²) in [5.41, 5.74) is 7.03. The van der Waals surface area contributed by atoms with Crippen molar-refractivity contribution in [2.24, 2.45) is 11.8 Å². The number of carbonyl (C=O) groups excluding carboxylic acids is 3. The van der Waals surface area contributed by atoms with Gasteiger partial charge in [0.1, 0.15) is 24.2 Å². The summed E-state index contributed by atoms with van der Waals surface area (Å²) >= 11 is 0. The fourth-order valence-electron chi connectivity index (χ4n) is 5.32. The molecule has 37 heavy (non-hydrogen) atoms. The first-order valence-corrected chi connectivity index (χ1v) is 12.5. The zero-order valence-electron chi connectivity index (χ0n) is 20.9. The van der Waals surface area contributed by atoms with Crippen LogP contribution in [0.5, 0.6) is 0 Å². The standard InChI is InChI=1S/C26H32F2N6O3/c1-3-20(17-5-4-6-19(27)22(17)28)32-26(37)34-23(25(36)33(2)16-8-10-30-11-9-16)18(24(34)35)13-15-7-12-31-21(29)14-15/h7-12,14,17-20,22-23H,3-6,13H2,1-2H3,(H2,29,31)(H,32,37)/t17?,18?,19?,20-,22?,23+/m1/s1. The van der Waals surface area contributed by atoms with E-state index in [0.717, 1.165) is 4.90 Å². The molecule has 1 saturated heterocycles. The van der Waals surface area contributed by atoms with Gasteiger partial charge in [-0.25, -0.2) is 18.6 Å². The number of nitrogens with zero attached hydrogens (tertiary/aromatic N) is 4. The van der Waals surface area contributed by atoms with Crippen LogP contribution in [0.2, 0.25) is 0 Å². The van der Waals surface area contributed by atoms with E-state index in [-0.39, 0.29) is 18.7 Å². The van der Waals surface area contributed by atoms with Crippen LogP contribution < -0.4 is 16.0 Å². The Bertz CT molecular complexity index is 1140. The van der Waals surface area contributed by atoms with Crippen LogP contribution in [0.25, 0.3) is 0 Å². The van der Waals surface area contributed by atoms with Crippen LogP contribution in [-0.2, 0) is 16.0 Å². The Labute approximate surface area is 214 Å². The number of imide groups is 1. The van der Waals surface area contributed by atoms with Gasteiger partial charge in [0.05, 0.1) is 5.92 Å². The van der Waals surface area contributed by atoms with E-state index in [1.54, 1.807) is 38.2 Å². The number of anilines is 2. The maximum absolute atomic E-state index is 14.7. The highest BCUT2D eigenvalue weighted by molar-refractivity contribution is 6.12. The number of urea groups is 1. The Hall–Kier alpha value is -3.63. The predicted octanol–water partition coefficient (Wildman–Crippen LogP) is 3.06. The molecule has 0 aromatic carbocycles. The van der Waals surface area contributed by atoms with E-state index in [4.69, 9.17) is 5.73 Å². The molecule has 2 aromatic rings. The van der Waals surface area contributed by atoms with E-state index in [0.29, 0.717) is 30.5 Å². The summed E-state index contributed by atoms with van der Waals surface area (Å²) in [4.78, 5) is 50.3. The quantitative estimate of drug-likeness (QED) is 0.548. The van der Waals surface area contributed by atoms with Crippen LogP contribution in [0.1, 0.15) is 38.2 Å². The maximum atomic E-state index is 14.7. The molecule has 0 radical (unpaired) electrons. The van der Waals surface area contributed by atoms with Crippen molar-refractivity contribution in [3.05, 3.63) is 48.4 Å². The number of alkyl halides is 2. The summed E-state index contributed by atoms with van der Waals surface area (Å²) in [5.74, 6) is -2.19. The number of β-lactam (4-membered cyclic amide) rings is 1.